The van der Waals surface area contributed by atoms with Crippen molar-refractivity contribution in [2.45, 2.75) is 32.0 Å². The molecule has 1 atom stereocenters. The highest BCUT2D eigenvalue weighted by Gasteiger charge is 2.22. The molecule has 0 saturated heterocycles. The highest BCUT2D eigenvalue weighted by molar-refractivity contribution is 5.59. The molecule has 140 valence electrons. The molecule has 1 aromatic heterocycles. The van der Waals surface area contributed by atoms with Gasteiger partial charge in [0.15, 0.2) is 0 Å². The minimum atomic E-state index is -0.308. The summed E-state index contributed by atoms with van der Waals surface area (Å²) in [4.78, 5) is 4.50. The predicted octanol–water partition coefficient (Wildman–Crippen LogP) is 4.56. The van der Waals surface area contributed by atoms with Crippen LogP contribution in [0.2, 0.25) is 0 Å². The molecule has 0 fully saturated rings. The van der Waals surface area contributed by atoms with E-state index in [9.17, 15) is 4.39 Å². The number of hydrogen-bond donors (Lipinski definition) is 1. The summed E-state index contributed by atoms with van der Waals surface area (Å²) in [5.41, 5.74) is 1.88. The van der Waals surface area contributed by atoms with Gasteiger partial charge in [-0.3, -0.25) is 0 Å². The fourth-order valence-corrected chi connectivity index (χ4v) is 3.42. The van der Waals surface area contributed by atoms with E-state index in [0.29, 0.717) is 12.4 Å². The average Bonchev–Trinajstić information content (AvgIpc) is 3.16. The first-order valence-electron chi connectivity index (χ1n) is 9.06. The Labute approximate surface area is 157 Å². The number of nitrogens with one attached hydrogen (secondary N) is 1. The lowest BCUT2D eigenvalue weighted by molar-refractivity contribution is 0.304. The number of fused-ring (bicyclic) bond motifs is 1. The van der Waals surface area contributed by atoms with Gasteiger partial charge in [-0.15, -0.1) is 0 Å². The number of hydrogen-bond acceptors (Lipinski definition) is 4. The highest BCUT2D eigenvalue weighted by Crippen LogP contribution is 2.33. The molecule has 0 aliphatic carbocycles. The second kappa shape index (κ2) is 7.70. The SMILES string of the molecule is COc1ccc(COc2cccc(F)c2)cc1NC1CCCn2ccnc21. The van der Waals surface area contributed by atoms with Crippen molar-refractivity contribution in [2.24, 2.45) is 0 Å². The van der Waals surface area contributed by atoms with Gasteiger partial charge in [-0.2, -0.15) is 0 Å². The Morgan fingerprint density at radius 2 is 2.19 bits per heavy atom. The van der Waals surface area contributed by atoms with Crippen LogP contribution >= 0.6 is 0 Å². The lowest BCUT2D eigenvalue weighted by atomic mass is 10.1. The number of aryl methyl sites for hydroxylation is 1. The van der Waals surface area contributed by atoms with E-state index in [-0.39, 0.29) is 11.9 Å². The zero-order chi connectivity index (χ0) is 18.6. The average molecular weight is 367 g/mol. The fraction of sp³-hybridized carbons (Fsp3) is 0.286. The van der Waals surface area contributed by atoms with Gasteiger partial charge in [0.1, 0.15) is 29.7 Å². The molecule has 3 aromatic rings. The summed E-state index contributed by atoms with van der Waals surface area (Å²) < 4.78 is 26.7. The number of imidazole rings is 1. The van der Waals surface area contributed by atoms with Gasteiger partial charge >= 0.3 is 0 Å². The Balaban J connectivity index is 1.51. The summed E-state index contributed by atoms with van der Waals surface area (Å²) in [6, 6.07) is 12.2. The molecule has 27 heavy (non-hydrogen) atoms. The van der Waals surface area contributed by atoms with E-state index < -0.39 is 0 Å². The van der Waals surface area contributed by atoms with Crippen LogP contribution < -0.4 is 14.8 Å². The molecule has 1 N–H and O–H groups in total. The van der Waals surface area contributed by atoms with Crippen molar-refractivity contribution in [3.63, 3.8) is 0 Å². The molecule has 6 heteroatoms. The van der Waals surface area contributed by atoms with Crippen LogP contribution in [0.4, 0.5) is 10.1 Å². The van der Waals surface area contributed by atoms with Crippen LogP contribution in [0.1, 0.15) is 30.3 Å². The summed E-state index contributed by atoms with van der Waals surface area (Å²) in [6.07, 6.45) is 5.98. The van der Waals surface area contributed by atoms with E-state index in [0.717, 1.165) is 42.2 Å². The lowest BCUT2D eigenvalue weighted by Gasteiger charge is -2.26. The van der Waals surface area contributed by atoms with E-state index in [1.807, 2.05) is 30.6 Å². The number of halogens is 1. The molecular weight excluding hydrogens is 345 g/mol. The Morgan fingerprint density at radius 1 is 1.26 bits per heavy atom. The first kappa shape index (κ1) is 17.4. The summed E-state index contributed by atoms with van der Waals surface area (Å²) >= 11 is 0. The molecule has 2 heterocycles. The van der Waals surface area contributed by atoms with Gasteiger partial charge < -0.3 is 19.4 Å². The third-order valence-electron chi connectivity index (χ3n) is 4.75. The Bertz CT molecular complexity index is 925. The van der Waals surface area contributed by atoms with Gasteiger partial charge in [-0.1, -0.05) is 12.1 Å². The van der Waals surface area contributed by atoms with E-state index in [4.69, 9.17) is 9.47 Å². The first-order valence-corrected chi connectivity index (χ1v) is 9.06. The summed E-state index contributed by atoms with van der Waals surface area (Å²) in [7, 11) is 1.66. The van der Waals surface area contributed by atoms with E-state index in [1.165, 1.54) is 12.1 Å². The largest absolute Gasteiger partial charge is 0.495 e. The number of benzene rings is 2. The molecule has 0 amide bonds. The van der Waals surface area contributed by atoms with Crippen LogP contribution in [0, 0.1) is 5.82 Å². The number of ether oxygens (including phenoxy) is 2. The number of rotatable bonds is 6. The van der Waals surface area contributed by atoms with Crippen molar-refractivity contribution in [1.82, 2.24) is 9.55 Å². The standard InChI is InChI=1S/C21H22FN3O2/c1-26-20-8-7-15(14-27-17-5-2-4-16(22)13-17)12-19(20)24-18-6-3-10-25-11-9-23-21(18)25/h2,4-5,7-9,11-13,18,24H,3,6,10,14H2,1H3. The molecule has 4 rings (SSSR count). The van der Waals surface area contributed by atoms with Crippen molar-refractivity contribution in [1.29, 1.82) is 0 Å². The summed E-state index contributed by atoms with van der Waals surface area (Å²) in [5.74, 6) is 2.02. The monoisotopic (exact) mass is 367 g/mol. The molecule has 0 bridgehead atoms. The van der Waals surface area contributed by atoms with Gasteiger partial charge in [-0.05, 0) is 42.7 Å². The maximum atomic E-state index is 13.3. The smallest absolute Gasteiger partial charge is 0.141 e. The maximum Gasteiger partial charge on any atom is 0.141 e. The van der Waals surface area contributed by atoms with Crippen LogP contribution in [-0.4, -0.2) is 16.7 Å². The van der Waals surface area contributed by atoms with Gasteiger partial charge in [0.2, 0.25) is 0 Å². The number of aromatic nitrogens is 2. The Morgan fingerprint density at radius 3 is 3.04 bits per heavy atom. The van der Waals surface area contributed by atoms with Crippen molar-refractivity contribution >= 4 is 5.69 Å². The van der Waals surface area contributed by atoms with E-state index >= 15 is 0 Å². The van der Waals surface area contributed by atoms with Crippen LogP contribution in [0.5, 0.6) is 11.5 Å². The van der Waals surface area contributed by atoms with Crippen molar-refractivity contribution in [3.05, 3.63) is 72.1 Å². The topological polar surface area (TPSA) is 48.3 Å². The highest BCUT2D eigenvalue weighted by atomic mass is 19.1. The van der Waals surface area contributed by atoms with Gasteiger partial charge in [0.25, 0.3) is 0 Å². The zero-order valence-electron chi connectivity index (χ0n) is 15.2. The molecule has 0 spiro atoms. The molecule has 1 unspecified atom stereocenters. The second-order valence-corrected chi connectivity index (χ2v) is 6.60. The predicted molar refractivity (Wildman–Crippen MR) is 102 cm³/mol. The minimum Gasteiger partial charge on any atom is -0.495 e. The maximum absolute atomic E-state index is 13.3. The Kier molecular flexibility index (Phi) is 4.96. The first-order chi connectivity index (χ1) is 13.2. The lowest BCUT2D eigenvalue weighted by Crippen LogP contribution is -2.22. The van der Waals surface area contributed by atoms with Crippen LogP contribution in [0.15, 0.2) is 54.9 Å². The quantitative estimate of drug-likeness (QED) is 0.694. The third kappa shape index (κ3) is 3.89. The fourth-order valence-electron chi connectivity index (χ4n) is 3.42. The van der Waals surface area contributed by atoms with Crippen molar-refractivity contribution < 1.29 is 13.9 Å². The molecule has 0 radical (unpaired) electrons. The number of nitrogens with zero attached hydrogens (tertiary/aromatic N) is 2. The molecule has 5 nitrogen and oxygen atoms in total. The minimum absolute atomic E-state index is 0.141. The van der Waals surface area contributed by atoms with Gasteiger partial charge in [0.05, 0.1) is 18.8 Å². The van der Waals surface area contributed by atoms with Gasteiger partial charge in [0, 0.05) is 25.0 Å². The molecule has 1 aliphatic heterocycles. The van der Waals surface area contributed by atoms with Crippen molar-refractivity contribution in [3.8, 4) is 11.5 Å². The molecular formula is C21H22FN3O2. The van der Waals surface area contributed by atoms with Crippen molar-refractivity contribution in [2.75, 3.05) is 12.4 Å². The second-order valence-electron chi connectivity index (χ2n) is 6.60. The normalized spacial score (nSPS) is 15.9. The number of anilines is 1. The zero-order valence-corrected chi connectivity index (χ0v) is 15.2. The summed E-state index contributed by atoms with van der Waals surface area (Å²) in [6.45, 7) is 1.35. The van der Waals surface area contributed by atoms with E-state index in [1.54, 1.807) is 19.2 Å². The van der Waals surface area contributed by atoms with Crippen LogP contribution in [-0.2, 0) is 13.2 Å². The van der Waals surface area contributed by atoms with E-state index in [2.05, 4.69) is 14.9 Å². The van der Waals surface area contributed by atoms with Crippen LogP contribution in [0.3, 0.4) is 0 Å². The molecule has 1 aliphatic rings. The third-order valence-corrected chi connectivity index (χ3v) is 4.75. The Hall–Kier alpha value is -3.02. The van der Waals surface area contributed by atoms with Gasteiger partial charge in [-0.25, -0.2) is 9.37 Å². The summed E-state index contributed by atoms with van der Waals surface area (Å²) in [5, 5.41) is 3.57. The van der Waals surface area contributed by atoms with Crippen LogP contribution in [0.25, 0.3) is 0 Å². The molecule has 2 aromatic carbocycles. The number of methoxy groups -OCH3 is 1. The molecule has 0 saturated carbocycles.